The summed E-state index contributed by atoms with van der Waals surface area (Å²) in [5.74, 6) is -0.418. The fraction of sp³-hybridized carbons (Fsp3) is 0.130. The molecule has 8 heteroatoms. The standard InChI is InChI=1S/C23H18N4O3S/c1-14-18(12-19-21(28)25-23(31)26-22(19)29)17-7-2-3-8-20(17)27(14)9-10-30-16-6-4-5-15(11-16)13-24/h2-8,11-12H,9-10H2,1H3,(H2,25,26,28,29,31). The van der Waals surface area contributed by atoms with Gasteiger partial charge in [0.25, 0.3) is 11.8 Å². The van der Waals surface area contributed by atoms with E-state index in [0.29, 0.717) is 24.5 Å². The van der Waals surface area contributed by atoms with E-state index in [2.05, 4.69) is 21.3 Å². The zero-order valence-electron chi connectivity index (χ0n) is 16.6. The molecule has 0 saturated carbocycles. The maximum absolute atomic E-state index is 12.3. The van der Waals surface area contributed by atoms with Crippen molar-refractivity contribution in [1.29, 1.82) is 5.26 Å². The molecular weight excluding hydrogens is 412 g/mol. The van der Waals surface area contributed by atoms with Crippen LogP contribution in [0.15, 0.2) is 54.1 Å². The van der Waals surface area contributed by atoms with E-state index in [1.807, 2.05) is 37.3 Å². The molecule has 1 aliphatic heterocycles. The van der Waals surface area contributed by atoms with Gasteiger partial charge in [0.2, 0.25) is 0 Å². The van der Waals surface area contributed by atoms with Crippen LogP contribution in [0.2, 0.25) is 0 Å². The first kappa shape index (κ1) is 20.3. The summed E-state index contributed by atoms with van der Waals surface area (Å²) in [5.41, 5.74) is 3.20. The van der Waals surface area contributed by atoms with Crippen molar-refractivity contribution in [2.75, 3.05) is 6.61 Å². The van der Waals surface area contributed by atoms with Crippen molar-refractivity contribution >= 4 is 46.1 Å². The topological polar surface area (TPSA) is 96.2 Å². The minimum Gasteiger partial charge on any atom is -0.492 e. The number of hydrogen-bond acceptors (Lipinski definition) is 5. The minimum atomic E-state index is -0.523. The SMILES string of the molecule is Cc1c(C=C2C(=O)NC(=S)NC2=O)c2ccccc2n1CCOc1cccc(C#N)c1. The van der Waals surface area contributed by atoms with Gasteiger partial charge in [0.05, 0.1) is 18.2 Å². The third-order valence-electron chi connectivity index (χ3n) is 5.06. The molecular formula is C23H18N4O3S. The molecule has 0 aliphatic carbocycles. The number of amides is 2. The van der Waals surface area contributed by atoms with Gasteiger partial charge in [-0.25, -0.2) is 0 Å². The zero-order valence-corrected chi connectivity index (χ0v) is 17.5. The normalized spacial score (nSPS) is 13.5. The molecule has 0 atom stereocenters. The fourth-order valence-corrected chi connectivity index (χ4v) is 3.77. The van der Waals surface area contributed by atoms with Gasteiger partial charge in [-0.3, -0.25) is 20.2 Å². The summed E-state index contributed by atoms with van der Waals surface area (Å²) in [6, 6.07) is 16.9. The van der Waals surface area contributed by atoms with Crippen molar-refractivity contribution < 1.29 is 14.3 Å². The van der Waals surface area contributed by atoms with Gasteiger partial charge < -0.3 is 9.30 Å². The molecule has 2 heterocycles. The Kier molecular flexibility index (Phi) is 5.52. The second-order valence-corrected chi connectivity index (χ2v) is 7.36. The summed E-state index contributed by atoms with van der Waals surface area (Å²) in [7, 11) is 0. The number of carbonyl (C=O) groups excluding carboxylic acids is 2. The van der Waals surface area contributed by atoms with Crippen LogP contribution in [0.1, 0.15) is 16.8 Å². The molecule has 31 heavy (non-hydrogen) atoms. The highest BCUT2D eigenvalue weighted by atomic mass is 32.1. The van der Waals surface area contributed by atoms with Gasteiger partial charge in [0.1, 0.15) is 17.9 Å². The molecule has 7 nitrogen and oxygen atoms in total. The number of carbonyl (C=O) groups is 2. The van der Waals surface area contributed by atoms with Crippen LogP contribution in [0.25, 0.3) is 17.0 Å². The maximum atomic E-state index is 12.3. The van der Waals surface area contributed by atoms with Gasteiger partial charge >= 0.3 is 0 Å². The number of fused-ring (bicyclic) bond motifs is 1. The lowest BCUT2D eigenvalue weighted by molar-refractivity contribution is -0.123. The average molecular weight is 430 g/mol. The van der Waals surface area contributed by atoms with Crippen LogP contribution in [0.3, 0.4) is 0 Å². The molecule has 1 aliphatic rings. The lowest BCUT2D eigenvalue weighted by Crippen LogP contribution is -2.51. The number of nitriles is 1. The summed E-state index contributed by atoms with van der Waals surface area (Å²) < 4.78 is 7.91. The van der Waals surface area contributed by atoms with E-state index >= 15 is 0 Å². The molecule has 2 amide bonds. The first-order valence-corrected chi connectivity index (χ1v) is 9.98. The number of ether oxygens (including phenoxy) is 1. The number of nitrogens with one attached hydrogen (secondary N) is 2. The van der Waals surface area contributed by atoms with E-state index in [1.165, 1.54) is 0 Å². The Bertz CT molecular complexity index is 1280. The molecule has 154 valence electrons. The number of aromatic nitrogens is 1. The highest BCUT2D eigenvalue weighted by molar-refractivity contribution is 7.80. The zero-order chi connectivity index (χ0) is 22.0. The van der Waals surface area contributed by atoms with Gasteiger partial charge in [0.15, 0.2) is 5.11 Å². The Hall–Kier alpha value is -3.96. The highest BCUT2D eigenvalue weighted by Crippen LogP contribution is 2.28. The van der Waals surface area contributed by atoms with Crippen molar-refractivity contribution in [3.05, 3.63) is 70.9 Å². The first-order chi connectivity index (χ1) is 15.0. The molecule has 0 spiro atoms. The van der Waals surface area contributed by atoms with E-state index in [-0.39, 0.29) is 10.7 Å². The van der Waals surface area contributed by atoms with Crippen LogP contribution in [0.5, 0.6) is 5.75 Å². The minimum absolute atomic E-state index is 0.00363. The summed E-state index contributed by atoms with van der Waals surface area (Å²) in [6.07, 6.45) is 1.60. The van der Waals surface area contributed by atoms with E-state index in [4.69, 9.17) is 22.2 Å². The van der Waals surface area contributed by atoms with Crippen LogP contribution in [0.4, 0.5) is 0 Å². The number of thiocarbonyl (C=S) groups is 1. The lowest BCUT2D eigenvalue weighted by Gasteiger charge is -2.16. The van der Waals surface area contributed by atoms with Gasteiger partial charge in [-0.1, -0.05) is 24.3 Å². The van der Waals surface area contributed by atoms with Gasteiger partial charge in [0, 0.05) is 22.2 Å². The Morgan fingerprint density at radius 3 is 2.61 bits per heavy atom. The number of nitrogens with zero attached hydrogens (tertiary/aromatic N) is 2. The lowest BCUT2D eigenvalue weighted by atomic mass is 10.1. The molecule has 2 aromatic carbocycles. The molecule has 0 unspecified atom stereocenters. The monoisotopic (exact) mass is 430 g/mol. The van der Waals surface area contributed by atoms with E-state index in [0.717, 1.165) is 22.2 Å². The third kappa shape index (κ3) is 4.04. The molecule has 3 aromatic rings. The third-order valence-corrected chi connectivity index (χ3v) is 5.26. The largest absolute Gasteiger partial charge is 0.492 e. The van der Waals surface area contributed by atoms with Crippen LogP contribution < -0.4 is 15.4 Å². The Balaban J connectivity index is 1.65. The highest BCUT2D eigenvalue weighted by Gasteiger charge is 2.26. The molecule has 1 saturated heterocycles. The first-order valence-electron chi connectivity index (χ1n) is 9.57. The smallest absolute Gasteiger partial charge is 0.263 e. The van der Waals surface area contributed by atoms with E-state index < -0.39 is 11.8 Å². The number of benzene rings is 2. The van der Waals surface area contributed by atoms with Crippen LogP contribution >= 0.6 is 12.2 Å². The Morgan fingerprint density at radius 2 is 1.87 bits per heavy atom. The summed E-state index contributed by atoms with van der Waals surface area (Å²) in [5, 5.41) is 14.9. The summed E-state index contributed by atoms with van der Waals surface area (Å²) >= 11 is 4.86. The second kappa shape index (κ2) is 8.42. The molecule has 4 rings (SSSR count). The fourth-order valence-electron chi connectivity index (χ4n) is 3.59. The molecule has 2 N–H and O–H groups in total. The molecule has 1 fully saturated rings. The van der Waals surface area contributed by atoms with Gasteiger partial charge in [-0.2, -0.15) is 5.26 Å². The number of para-hydroxylation sites is 1. The summed E-state index contributed by atoms with van der Waals surface area (Å²) in [4.78, 5) is 24.6. The van der Waals surface area contributed by atoms with Crippen molar-refractivity contribution in [3.8, 4) is 11.8 Å². The van der Waals surface area contributed by atoms with Crippen molar-refractivity contribution in [1.82, 2.24) is 15.2 Å². The Labute approximate surface area is 183 Å². The predicted molar refractivity (Wildman–Crippen MR) is 120 cm³/mol. The number of hydrogen-bond donors (Lipinski definition) is 2. The van der Waals surface area contributed by atoms with Crippen molar-refractivity contribution in [3.63, 3.8) is 0 Å². The Morgan fingerprint density at radius 1 is 1.13 bits per heavy atom. The predicted octanol–water partition coefficient (Wildman–Crippen LogP) is 2.81. The van der Waals surface area contributed by atoms with E-state index in [9.17, 15) is 9.59 Å². The van der Waals surface area contributed by atoms with Crippen LogP contribution in [-0.2, 0) is 16.1 Å². The van der Waals surface area contributed by atoms with Gasteiger partial charge in [-0.05, 0) is 49.5 Å². The van der Waals surface area contributed by atoms with Gasteiger partial charge in [-0.15, -0.1) is 0 Å². The van der Waals surface area contributed by atoms with Crippen molar-refractivity contribution in [2.45, 2.75) is 13.5 Å². The molecule has 1 aromatic heterocycles. The van der Waals surface area contributed by atoms with Crippen LogP contribution in [0, 0.1) is 18.3 Å². The molecule has 0 radical (unpaired) electrons. The number of rotatable bonds is 5. The summed E-state index contributed by atoms with van der Waals surface area (Å²) in [6.45, 7) is 2.88. The van der Waals surface area contributed by atoms with Crippen molar-refractivity contribution in [2.24, 2.45) is 0 Å². The maximum Gasteiger partial charge on any atom is 0.263 e. The molecule has 0 bridgehead atoms. The average Bonchev–Trinajstić information content (AvgIpc) is 3.02. The second-order valence-electron chi connectivity index (χ2n) is 6.95. The quantitative estimate of drug-likeness (QED) is 0.369. The van der Waals surface area contributed by atoms with Crippen LogP contribution in [-0.4, -0.2) is 28.1 Å². The van der Waals surface area contributed by atoms with E-state index in [1.54, 1.807) is 24.3 Å².